The lowest BCUT2D eigenvalue weighted by Crippen LogP contribution is -2.51. The molecule has 0 aromatic heterocycles. The third-order valence-electron chi connectivity index (χ3n) is 8.98. The molecule has 4 rings (SSSR count). The molecule has 0 aromatic rings. The SMILES string of the molecule is O=[Si]=O.OCCO.OCCO[Si-]1OCCO1.OCCO[Si-]1OCCO1.OCCO[Si](OCCO)(OCCO)OCCO.OCCO[Si](OCCO)(OCCO)OCCO.OCCO[Si](OCCO)(OCCO)OCCO.OCCO[Si]1(OCCO)OCCO1.OCCO[Si]1(OCC[OH2+])OCCO1.[CH3+].[CH3+].[CH3+]. The zero-order chi connectivity index (χ0) is 77.3. The van der Waals surface area contributed by atoms with Crippen molar-refractivity contribution in [3.05, 3.63) is 22.3 Å². The molecule has 0 radical (unpaired) electrons. The maximum absolute atomic E-state index is 8.69. The molecule has 0 amide bonds. The molecule has 0 spiro atoms. The molecular formula is C49H122O48Si8+2. The van der Waals surface area contributed by atoms with E-state index in [-0.39, 0.29) is 260 Å². The van der Waals surface area contributed by atoms with Gasteiger partial charge in [0.25, 0.3) is 0 Å². The first-order chi connectivity index (χ1) is 49.6. The predicted octanol–water partition coefficient (Wildman–Crippen LogP) is -13.2. The largest absolute Gasteiger partial charge is 0.680 e. The molecule has 4 fully saturated rings. The van der Waals surface area contributed by atoms with E-state index in [4.69, 9.17) is 226 Å². The maximum Gasteiger partial charge on any atom is 0.680 e. The minimum atomic E-state index is -3.52. The highest BCUT2D eigenvalue weighted by molar-refractivity contribution is 6.55. The van der Waals surface area contributed by atoms with Crippen molar-refractivity contribution in [3.8, 4) is 0 Å². The standard InChI is InChI=1S/3C8H20O8Si.2C6H14O6Si.2C4H9O4Si.C2H6O2.3CH3.O2Si/c3*9-1-5-13-17(14-6-2-10,15-7-3-11)16-8-4-12;2*7-1-3-9-13(10-4-2-8)11-5-6-12-13;2*5-1-2-6-9-7-3-4-8-9;3-1-2-4;;;;1-3-2/h3*9-12H,1-8H2;2*7-8H,1-6H2;2*5H,1-4H2;3-4H,1-2H2;3*1H3;/q;;;;;2*-1;;3*+1;/p+1. The number of rotatable bonds is 55. The molecule has 48 nitrogen and oxygen atoms in total. The number of hydrogen-bond donors (Lipinski definition) is 19. The molecule has 4 saturated heterocycles. The van der Waals surface area contributed by atoms with Crippen LogP contribution in [-0.4, -0.2) is 480 Å². The highest BCUT2D eigenvalue weighted by Crippen LogP contribution is 2.19. The number of aliphatic hydroxyl groups excluding tert-OH is 19. The normalized spacial score (nSPS) is 14.9. The van der Waals surface area contributed by atoms with E-state index in [2.05, 4.69) is 0 Å². The van der Waals surface area contributed by atoms with Crippen molar-refractivity contribution in [2.45, 2.75) is 0 Å². The summed E-state index contributed by atoms with van der Waals surface area (Å²) in [6.07, 6.45) is 0. The Morgan fingerprint density at radius 2 is 0.429 bits per heavy atom. The van der Waals surface area contributed by atoms with E-state index < -0.39 is 73.6 Å². The Balaban J connectivity index is -0.000000172. The summed E-state index contributed by atoms with van der Waals surface area (Å²) in [6, 6.07) is 0. The monoisotopic (exact) mass is 1700 g/mol. The summed E-state index contributed by atoms with van der Waals surface area (Å²) in [4.78, 5) is 0. The minimum Gasteiger partial charge on any atom is -0.540 e. The molecule has 21 N–H and O–H groups in total. The van der Waals surface area contributed by atoms with Gasteiger partial charge in [0.1, 0.15) is 6.61 Å². The van der Waals surface area contributed by atoms with Crippen LogP contribution in [0.3, 0.4) is 0 Å². The van der Waals surface area contributed by atoms with Crippen LogP contribution in [0, 0.1) is 22.3 Å². The first kappa shape index (κ1) is 120. The summed E-state index contributed by atoms with van der Waals surface area (Å²) in [5, 5.41) is 169. The average molecular weight is 1700 g/mol. The first-order valence-electron chi connectivity index (χ1n) is 31.1. The number of aliphatic hydroxyl groups is 19. The molecule has 0 atom stereocenters. The van der Waals surface area contributed by atoms with Crippen LogP contribution in [0.15, 0.2) is 0 Å². The Bertz CT molecular complexity index is 1380. The third kappa shape index (κ3) is 73.1. The second-order valence-electron chi connectivity index (χ2n) is 16.6. The van der Waals surface area contributed by atoms with Crippen molar-refractivity contribution in [2.24, 2.45) is 0 Å². The Kier molecular flexibility index (Phi) is 105. The second kappa shape index (κ2) is 92.0. The molecule has 0 bridgehead atoms. The third-order valence-corrected chi connectivity index (χ3v) is 22.8. The van der Waals surface area contributed by atoms with E-state index >= 15 is 0 Å². The van der Waals surface area contributed by atoms with Gasteiger partial charge in [-0.3, -0.25) is 8.92 Å². The van der Waals surface area contributed by atoms with Gasteiger partial charge >= 0.3 is 54.5 Å². The summed E-state index contributed by atoms with van der Waals surface area (Å²) in [5.74, 6) is 0. The van der Waals surface area contributed by atoms with Crippen LogP contribution in [0.2, 0.25) is 0 Å². The Morgan fingerprint density at radius 1 is 0.267 bits per heavy atom. The van der Waals surface area contributed by atoms with Gasteiger partial charge < -0.3 is 217 Å². The fourth-order valence-corrected chi connectivity index (χ4v) is 17.0. The molecule has 0 saturated carbocycles. The summed E-state index contributed by atoms with van der Waals surface area (Å²) in [7, 11) is -20.8. The van der Waals surface area contributed by atoms with Gasteiger partial charge in [-0.05, 0) is 0 Å². The fraction of sp³-hybridized carbons (Fsp3) is 0.939. The topological polar surface area (TPSA) is 681 Å². The predicted molar refractivity (Wildman–Crippen MR) is 365 cm³/mol. The van der Waals surface area contributed by atoms with E-state index in [1.54, 1.807) is 0 Å². The van der Waals surface area contributed by atoms with Gasteiger partial charge in [-0.2, -0.15) is 0 Å². The Morgan fingerprint density at radius 3 is 0.571 bits per heavy atom. The maximum atomic E-state index is 8.69. The molecular weight excluding hydrogens is 1580 g/mol. The van der Waals surface area contributed by atoms with Crippen LogP contribution in [0.4, 0.5) is 0 Å². The van der Waals surface area contributed by atoms with Gasteiger partial charge in [0.05, 0.1) is 251 Å². The van der Waals surface area contributed by atoms with Gasteiger partial charge in [-0.25, -0.2) is 0 Å². The quantitative estimate of drug-likeness (QED) is 0.0153. The smallest absolute Gasteiger partial charge is 0.540 e. The van der Waals surface area contributed by atoms with Gasteiger partial charge in [-0.1, -0.05) is 0 Å². The highest BCUT2D eigenvalue weighted by atomic mass is 28.4. The first-order valence-corrected chi connectivity index (χ1v) is 42.5. The molecule has 56 heteroatoms. The molecule has 0 aromatic carbocycles. The average Bonchev–Trinajstić information content (AvgIpc) is 1.82. The second-order valence-corrected chi connectivity index (χ2v) is 30.3. The van der Waals surface area contributed by atoms with Gasteiger partial charge in [0, 0.05) is 61.9 Å². The van der Waals surface area contributed by atoms with Crippen molar-refractivity contribution < 1.29 is 226 Å². The molecule has 636 valence electrons. The Hall–Kier alpha value is -0.895. The summed E-state index contributed by atoms with van der Waals surface area (Å²) < 4.78 is 150. The summed E-state index contributed by atoms with van der Waals surface area (Å²) in [5.41, 5.74) is 0. The van der Waals surface area contributed by atoms with Crippen molar-refractivity contribution in [3.63, 3.8) is 0 Å². The lowest BCUT2D eigenvalue weighted by atomic mass is 10.8. The van der Waals surface area contributed by atoms with Crippen molar-refractivity contribution in [1.29, 1.82) is 0 Å². The minimum absolute atomic E-state index is 0. The van der Waals surface area contributed by atoms with Crippen LogP contribution in [0.25, 0.3) is 0 Å². The lowest BCUT2D eigenvalue weighted by molar-refractivity contribution is -0.0550. The molecule has 4 heterocycles. The lowest BCUT2D eigenvalue weighted by Gasteiger charge is -2.27. The van der Waals surface area contributed by atoms with Crippen molar-refractivity contribution in [1.82, 2.24) is 0 Å². The molecule has 105 heavy (non-hydrogen) atoms. The molecule has 0 unspecified atom stereocenters. The van der Waals surface area contributed by atoms with Crippen LogP contribution in [0.5, 0.6) is 0 Å². The van der Waals surface area contributed by atoms with Gasteiger partial charge in [0.2, 0.25) is 19.1 Å². The van der Waals surface area contributed by atoms with Gasteiger partial charge in [-0.15, -0.1) is 0 Å². The van der Waals surface area contributed by atoms with E-state index in [0.29, 0.717) is 66.1 Å². The zero-order valence-electron chi connectivity index (χ0n) is 60.0. The van der Waals surface area contributed by atoms with Crippen LogP contribution in [-0.2, 0) is 124 Å². The molecule has 0 aliphatic carbocycles. The molecule has 4 aliphatic heterocycles. The van der Waals surface area contributed by atoms with E-state index in [0.717, 1.165) is 0 Å². The van der Waals surface area contributed by atoms with E-state index in [1.807, 2.05) is 0 Å². The van der Waals surface area contributed by atoms with Crippen molar-refractivity contribution >= 4 is 73.6 Å². The Labute approximate surface area is 623 Å². The number of hydrogen-bond acceptors (Lipinski definition) is 47. The van der Waals surface area contributed by atoms with Crippen LogP contribution < -0.4 is 0 Å². The van der Waals surface area contributed by atoms with Crippen LogP contribution >= 0.6 is 0 Å². The van der Waals surface area contributed by atoms with Crippen molar-refractivity contribution in [2.75, 3.05) is 304 Å². The van der Waals surface area contributed by atoms with Crippen LogP contribution in [0.1, 0.15) is 0 Å². The summed E-state index contributed by atoms with van der Waals surface area (Å²) in [6.45, 7) is 1.46. The molecule has 4 aliphatic rings. The van der Waals surface area contributed by atoms with E-state index in [1.165, 1.54) is 0 Å². The highest BCUT2D eigenvalue weighted by Gasteiger charge is 2.51. The zero-order valence-corrected chi connectivity index (χ0v) is 68.0. The van der Waals surface area contributed by atoms with E-state index in [9.17, 15) is 0 Å². The van der Waals surface area contributed by atoms with Gasteiger partial charge in [0.15, 0.2) is 6.61 Å². The fourth-order valence-electron chi connectivity index (χ4n) is 5.66. The summed E-state index contributed by atoms with van der Waals surface area (Å²) >= 11 is 0.